The summed E-state index contributed by atoms with van der Waals surface area (Å²) in [7, 11) is 0. The van der Waals surface area contributed by atoms with Crippen LogP contribution in [0.5, 0.6) is 0 Å². The quantitative estimate of drug-likeness (QED) is 0.784. The lowest BCUT2D eigenvalue weighted by atomic mass is 9.81. The minimum absolute atomic E-state index is 0.0241. The van der Waals surface area contributed by atoms with Gasteiger partial charge in [-0.25, -0.2) is 4.79 Å². The van der Waals surface area contributed by atoms with E-state index in [1.165, 1.54) is 6.08 Å². The molecule has 0 bridgehead atoms. The van der Waals surface area contributed by atoms with Crippen LogP contribution < -0.4 is 5.32 Å². The molecule has 1 aliphatic carbocycles. The van der Waals surface area contributed by atoms with Gasteiger partial charge in [-0.05, 0) is 39.7 Å². The molecule has 0 radical (unpaired) electrons. The van der Waals surface area contributed by atoms with Crippen LogP contribution in [0.2, 0.25) is 0 Å². The highest BCUT2D eigenvalue weighted by atomic mass is 16.6. The van der Waals surface area contributed by atoms with Gasteiger partial charge in [-0.15, -0.1) is 0 Å². The van der Waals surface area contributed by atoms with E-state index < -0.39 is 17.1 Å². The SMILES string of the molecule is C=CC(=O)C1(CNC(=O)OC(C)(C)C)CCCC1. The van der Waals surface area contributed by atoms with Crippen LogP contribution in [-0.2, 0) is 9.53 Å². The summed E-state index contributed by atoms with van der Waals surface area (Å²) in [4.78, 5) is 23.5. The molecule has 0 unspecified atom stereocenters. The van der Waals surface area contributed by atoms with E-state index in [0.717, 1.165) is 25.7 Å². The van der Waals surface area contributed by atoms with Crippen LogP contribution >= 0.6 is 0 Å². The Hall–Kier alpha value is -1.32. The first-order valence-corrected chi connectivity index (χ1v) is 6.43. The predicted octanol–water partition coefficient (Wildman–Crippen LogP) is 2.83. The molecule has 4 heteroatoms. The maximum atomic E-state index is 11.9. The number of rotatable bonds is 4. The molecule has 1 amide bonds. The van der Waals surface area contributed by atoms with Crippen LogP contribution in [-0.4, -0.2) is 24.0 Å². The van der Waals surface area contributed by atoms with Crippen LogP contribution in [0.1, 0.15) is 46.5 Å². The number of carbonyl (C=O) groups excluding carboxylic acids is 2. The molecule has 1 saturated carbocycles. The lowest BCUT2D eigenvalue weighted by molar-refractivity contribution is -0.123. The van der Waals surface area contributed by atoms with E-state index in [1.807, 2.05) is 20.8 Å². The van der Waals surface area contributed by atoms with Gasteiger partial charge in [0.1, 0.15) is 5.60 Å². The summed E-state index contributed by atoms with van der Waals surface area (Å²) in [6.07, 6.45) is 4.57. The van der Waals surface area contributed by atoms with Crippen molar-refractivity contribution in [3.8, 4) is 0 Å². The van der Waals surface area contributed by atoms with Gasteiger partial charge < -0.3 is 10.1 Å². The Labute approximate surface area is 109 Å². The van der Waals surface area contributed by atoms with Gasteiger partial charge in [-0.2, -0.15) is 0 Å². The Balaban J connectivity index is 2.56. The fourth-order valence-electron chi connectivity index (χ4n) is 2.33. The van der Waals surface area contributed by atoms with E-state index in [1.54, 1.807) is 0 Å². The first-order valence-electron chi connectivity index (χ1n) is 6.43. The summed E-state index contributed by atoms with van der Waals surface area (Å²) in [6, 6.07) is 0. The standard InChI is InChI=1S/C14H23NO3/c1-5-11(16)14(8-6-7-9-14)10-15-12(17)18-13(2,3)4/h5H,1,6-10H2,2-4H3,(H,15,17). The van der Waals surface area contributed by atoms with Crippen molar-refractivity contribution in [2.24, 2.45) is 5.41 Å². The van der Waals surface area contributed by atoms with E-state index in [2.05, 4.69) is 11.9 Å². The first-order chi connectivity index (χ1) is 8.29. The van der Waals surface area contributed by atoms with Crippen LogP contribution in [0.4, 0.5) is 4.79 Å². The van der Waals surface area contributed by atoms with E-state index >= 15 is 0 Å². The summed E-state index contributed by atoms with van der Waals surface area (Å²) < 4.78 is 5.17. The van der Waals surface area contributed by atoms with Gasteiger partial charge in [0.05, 0.1) is 5.41 Å². The largest absolute Gasteiger partial charge is 0.444 e. The molecule has 1 N–H and O–H groups in total. The Morgan fingerprint density at radius 1 is 1.33 bits per heavy atom. The van der Waals surface area contributed by atoms with Gasteiger partial charge in [-0.3, -0.25) is 4.79 Å². The molecule has 4 nitrogen and oxygen atoms in total. The van der Waals surface area contributed by atoms with Crippen molar-refractivity contribution in [1.82, 2.24) is 5.32 Å². The van der Waals surface area contributed by atoms with Crippen molar-refractivity contribution in [1.29, 1.82) is 0 Å². The molecule has 1 rings (SSSR count). The predicted molar refractivity (Wildman–Crippen MR) is 70.3 cm³/mol. The molecule has 0 saturated heterocycles. The molecular formula is C14H23NO3. The van der Waals surface area contributed by atoms with E-state index in [4.69, 9.17) is 4.74 Å². The van der Waals surface area contributed by atoms with Gasteiger partial charge in [0.2, 0.25) is 0 Å². The van der Waals surface area contributed by atoms with Crippen LogP contribution in [0, 0.1) is 5.41 Å². The fraction of sp³-hybridized carbons (Fsp3) is 0.714. The van der Waals surface area contributed by atoms with Crippen LogP contribution in [0.15, 0.2) is 12.7 Å². The highest BCUT2D eigenvalue weighted by Gasteiger charge is 2.39. The molecule has 0 aromatic carbocycles. The third-order valence-corrected chi connectivity index (χ3v) is 3.24. The molecule has 0 aromatic rings. The third kappa shape index (κ3) is 3.86. The molecule has 0 heterocycles. The van der Waals surface area contributed by atoms with Crippen molar-refractivity contribution in [2.75, 3.05) is 6.54 Å². The van der Waals surface area contributed by atoms with Gasteiger partial charge in [0.25, 0.3) is 0 Å². The Morgan fingerprint density at radius 3 is 2.33 bits per heavy atom. The second kappa shape index (κ2) is 5.55. The van der Waals surface area contributed by atoms with Gasteiger partial charge >= 0.3 is 6.09 Å². The third-order valence-electron chi connectivity index (χ3n) is 3.24. The minimum Gasteiger partial charge on any atom is -0.444 e. The van der Waals surface area contributed by atoms with E-state index in [-0.39, 0.29) is 5.78 Å². The van der Waals surface area contributed by atoms with Crippen LogP contribution in [0.25, 0.3) is 0 Å². The van der Waals surface area contributed by atoms with Crippen molar-refractivity contribution in [3.05, 3.63) is 12.7 Å². The maximum Gasteiger partial charge on any atom is 0.407 e. The van der Waals surface area contributed by atoms with Crippen LogP contribution in [0.3, 0.4) is 0 Å². The molecule has 102 valence electrons. The van der Waals surface area contributed by atoms with E-state index in [0.29, 0.717) is 6.54 Å². The molecule has 1 aliphatic rings. The van der Waals surface area contributed by atoms with Gasteiger partial charge in [0, 0.05) is 6.54 Å². The molecular weight excluding hydrogens is 230 g/mol. The summed E-state index contributed by atoms with van der Waals surface area (Å²) >= 11 is 0. The zero-order valence-corrected chi connectivity index (χ0v) is 11.5. The number of allylic oxidation sites excluding steroid dienone is 1. The molecule has 18 heavy (non-hydrogen) atoms. The number of amides is 1. The number of ether oxygens (including phenoxy) is 1. The summed E-state index contributed by atoms with van der Waals surface area (Å²) in [5.41, 5.74) is -0.978. The highest BCUT2D eigenvalue weighted by Crippen LogP contribution is 2.38. The normalized spacial score (nSPS) is 18.2. The molecule has 1 fully saturated rings. The molecule has 0 aromatic heterocycles. The number of carbonyl (C=O) groups is 2. The topological polar surface area (TPSA) is 55.4 Å². The number of hydrogen-bond donors (Lipinski definition) is 1. The van der Waals surface area contributed by atoms with Crippen molar-refractivity contribution < 1.29 is 14.3 Å². The Kier molecular flexibility index (Phi) is 4.54. The molecule has 0 atom stereocenters. The fourth-order valence-corrected chi connectivity index (χ4v) is 2.33. The Morgan fingerprint density at radius 2 is 1.89 bits per heavy atom. The second-order valence-corrected chi connectivity index (χ2v) is 5.91. The summed E-state index contributed by atoms with van der Waals surface area (Å²) in [6.45, 7) is 9.32. The average molecular weight is 253 g/mol. The number of ketones is 1. The van der Waals surface area contributed by atoms with Crippen molar-refractivity contribution >= 4 is 11.9 Å². The van der Waals surface area contributed by atoms with E-state index in [9.17, 15) is 9.59 Å². The number of alkyl carbamates (subject to hydrolysis) is 1. The van der Waals surface area contributed by atoms with Gasteiger partial charge in [-0.1, -0.05) is 19.4 Å². The van der Waals surface area contributed by atoms with Crippen molar-refractivity contribution in [3.63, 3.8) is 0 Å². The minimum atomic E-state index is -0.518. The average Bonchev–Trinajstić information content (AvgIpc) is 2.73. The Bertz CT molecular complexity index is 335. The number of hydrogen-bond acceptors (Lipinski definition) is 3. The van der Waals surface area contributed by atoms with Gasteiger partial charge in [0.15, 0.2) is 5.78 Å². The lowest BCUT2D eigenvalue weighted by Crippen LogP contribution is -2.42. The lowest BCUT2D eigenvalue weighted by Gasteiger charge is -2.27. The van der Waals surface area contributed by atoms with Crippen molar-refractivity contribution in [2.45, 2.75) is 52.1 Å². The maximum absolute atomic E-state index is 11.9. The summed E-state index contributed by atoms with van der Waals surface area (Å²) in [5, 5.41) is 2.71. The molecule has 0 spiro atoms. The number of nitrogens with one attached hydrogen (secondary N) is 1. The highest BCUT2D eigenvalue weighted by molar-refractivity contribution is 5.95. The zero-order chi connectivity index (χ0) is 13.8. The zero-order valence-electron chi connectivity index (χ0n) is 11.5. The monoisotopic (exact) mass is 253 g/mol. The molecule has 0 aliphatic heterocycles. The first kappa shape index (κ1) is 14.7. The summed E-state index contributed by atoms with van der Waals surface area (Å²) in [5.74, 6) is 0.0241. The second-order valence-electron chi connectivity index (χ2n) is 5.91. The smallest absolute Gasteiger partial charge is 0.407 e.